The van der Waals surface area contributed by atoms with Crippen LogP contribution in [0.15, 0.2) is 30.3 Å². The monoisotopic (exact) mass is 226 g/mol. The highest BCUT2D eigenvalue weighted by molar-refractivity contribution is 5.75. The van der Waals surface area contributed by atoms with Crippen molar-refractivity contribution in [2.75, 3.05) is 0 Å². The number of alkyl halides is 2. The number of ether oxygens (including phenoxy) is 1. The molecule has 1 aliphatic rings. The number of esters is 1. The van der Waals surface area contributed by atoms with E-state index in [9.17, 15) is 13.6 Å². The van der Waals surface area contributed by atoms with Gasteiger partial charge in [0.2, 0.25) is 6.43 Å². The topological polar surface area (TPSA) is 26.3 Å². The Balaban J connectivity index is 1.78. The van der Waals surface area contributed by atoms with Crippen molar-refractivity contribution in [1.29, 1.82) is 0 Å². The van der Waals surface area contributed by atoms with Gasteiger partial charge in [0.05, 0.1) is 5.92 Å². The summed E-state index contributed by atoms with van der Waals surface area (Å²) >= 11 is 0. The number of hydrogen-bond donors (Lipinski definition) is 0. The third-order valence-electron chi connectivity index (χ3n) is 2.69. The van der Waals surface area contributed by atoms with E-state index < -0.39 is 24.2 Å². The summed E-state index contributed by atoms with van der Waals surface area (Å²) in [7, 11) is 0. The lowest BCUT2D eigenvalue weighted by Crippen LogP contribution is -2.10. The van der Waals surface area contributed by atoms with Crippen molar-refractivity contribution in [2.24, 2.45) is 11.8 Å². The Labute approximate surface area is 92.2 Å². The van der Waals surface area contributed by atoms with Gasteiger partial charge in [-0.15, -0.1) is 0 Å². The molecule has 0 aromatic heterocycles. The summed E-state index contributed by atoms with van der Waals surface area (Å²) in [6.45, 7) is 0.159. The lowest BCUT2D eigenvalue weighted by atomic mass is 10.2. The zero-order chi connectivity index (χ0) is 11.5. The smallest absolute Gasteiger partial charge is 0.309 e. The van der Waals surface area contributed by atoms with Crippen molar-refractivity contribution >= 4 is 5.97 Å². The third-order valence-corrected chi connectivity index (χ3v) is 2.69. The summed E-state index contributed by atoms with van der Waals surface area (Å²) in [5.74, 6) is -1.89. The van der Waals surface area contributed by atoms with Gasteiger partial charge >= 0.3 is 5.97 Å². The lowest BCUT2D eigenvalue weighted by Gasteiger charge is -2.04. The minimum absolute atomic E-state index is 0.159. The second-order valence-corrected chi connectivity index (χ2v) is 3.93. The molecule has 2 rings (SSSR count). The van der Waals surface area contributed by atoms with Crippen molar-refractivity contribution in [3.8, 4) is 0 Å². The van der Waals surface area contributed by atoms with E-state index in [1.165, 1.54) is 0 Å². The number of halogens is 2. The molecule has 0 unspecified atom stereocenters. The van der Waals surface area contributed by atoms with Crippen LogP contribution in [0.3, 0.4) is 0 Å². The molecule has 0 spiro atoms. The molecule has 0 aliphatic heterocycles. The number of hydrogen-bond acceptors (Lipinski definition) is 2. The molecule has 2 nitrogen and oxygen atoms in total. The highest BCUT2D eigenvalue weighted by atomic mass is 19.3. The zero-order valence-electron chi connectivity index (χ0n) is 8.61. The molecule has 0 radical (unpaired) electrons. The first-order chi connectivity index (χ1) is 7.68. The molecule has 1 fully saturated rings. The van der Waals surface area contributed by atoms with Crippen LogP contribution in [0.2, 0.25) is 0 Å². The summed E-state index contributed by atoms with van der Waals surface area (Å²) in [6, 6.07) is 9.18. The van der Waals surface area contributed by atoms with E-state index >= 15 is 0 Å². The predicted octanol–water partition coefficient (Wildman–Crippen LogP) is 2.63. The molecule has 0 bridgehead atoms. The zero-order valence-corrected chi connectivity index (χ0v) is 8.61. The first-order valence-corrected chi connectivity index (χ1v) is 5.17. The second-order valence-electron chi connectivity index (χ2n) is 3.93. The fraction of sp³-hybridized carbons (Fsp3) is 0.417. The first kappa shape index (κ1) is 11.0. The fourth-order valence-corrected chi connectivity index (χ4v) is 1.60. The SMILES string of the molecule is O=C(OCc1ccccc1)[C@@H]1C[C@H]1C(F)F. The van der Waals surface area contributed by atoms with Gasteiger partial charge in [-0.2, -0.15) is 0 Å². The van der Waals surface area contributed by atoms with Crippen LogP contribution in [0.5, 0.6) is 0 Å². The van der Waals surface area contributed by atoms with Crippen molar-refractivity contribution in [2.45, 2.75) is 19.5 Å². The molecule has 4 heteroatoms. The van der Waals surface area contributed by atoms with Gasteiger partial charge in [-0.3, -0.25) is 4.79 Å². The Morgan fingerprint density at radius 3 is 2.62 bits per heavy atom. The highest BCUT2D eigenvalue weighted by Crippen LogP contribution is 2.43. The summed E-state index contributed by atoms with van der Waals surface area (Å²) in [6.07, 6.45) is -2.15. The largest absolute Gasteiger partial charge is 0.461 e. The average Bonchev–Trinajstić information content (AvgIpc) is 3.07. The van der Waals surface area contributed by atoms with E-state index in [1.54, 1.807) is 0 Å². The Morgan fingerprint density at radius 1 is 1.38 bits per heavy atom. The van der Waals surface area contributed by atoms with Crippen molar-refractivity contribution in [3.63, 3.8) is 0 Å². The van der Waals surface area contributed by atoms with E-state index in [2.05, 4.69) is 0 Å². The summed E-state index contributed by atoms with van der Waals surface area (Å²) < 4.78 is 29.3. The maximum atomic E-state index is 12.2. The highest BCUT2D eigenvalue weighted by Gasteiger charge is 2.49. The molecule has 86 valence electrons. The van der Waals surface area contributed by atoms with Crippen LogP contribution >= 0.6 is 0 Å². The maximum absolute atomic E-state index is 12.2. The van der Waals surface area contributed by atoms with Gasteiger partial charge in [0.25, 0.3) is 0 Å². The molecular weight excluding hydrogens is 214 g/mol. The summed E-state index contributed by atoms with van der Waals surface area (Å²) in [4.78, 5) is 11.3. The molecule has 16 heavy (non-hydrogen) atoms. The Hall–Kier alpha value is -1.45. The van der Waals surface area contributed by atoms with Gasteiger partial charge in [-0.1, -0.05) is 30.3 Å². The van der Waals surface area contributed by atoms with Crippen LogP contribution in [0, 0.1) is 11.8 Å². The minimum Gasteiger partial charge on any atom is -0.461 e. The van der Waals surface area contributed by atoms with Crippen LogP contribution in [0.4, 0.5) is 8.78 Å². The van der Waals surface area contributed by atoms with Gasteiger partial charge in [0, 0.05) is 5.92 Å². The molecule has 1 saturated carbocycles. The lowest BCUT2D eigenvalue weighted by molar-refractivity contribution is -0.147. The average molecular weight is 226 g/mol. The van der Waals surface area contributed by atoms with Crippen LogP contribution in [0.25, 0.3) is 0 Å². The van der Waals surface area contributed by atoms with Crippen LogP contribution < -0.4 is 0 Å². The van der Waals surface area contributed by atoms with Crippen LogP contribution in [-0.2, 0) is 16.1 Å². The van der Waals surface area contributed by atoms with Gasteiger partial charge < -0.3 is 4.74 Å². The Bertz CT molecular complexity index is 365. The van der Waals surface area contributed by atoms with E-state index in [1.807, 2.05) is 30.3 Å². The molecule has 2 atom stereocenters. The Morgan fingerprint density at radius 2 is 2.06 bits per heavy atom. The second kappa shape index (κ2) is 4.60. The van der Waals surface area contributed by atoms with Crippen molar-refractivity contribution < 1.29 is 18.3 Å². The summed E-state index contributed by atoms with van der Waals surface area (Å²) in [5.41, 5.74) is 0.866. The first-order valence-electron chi connectivity index (χ1n) is 5.17. The maximum Gasteiger partial charge on any atom is 0.309 e. The summed E-state index contributed by atoms with van der Waals surface area (Å²) in [5, 5.41) is 0. The molecule has 0 saturated heterocycles. The number of carbonyl (C=O) groups excluding carboxylic acids is 1. The molecule has 0 amide bonds. The normalized spacial score (nSPS) is 23.2. The molecule has 1 aromatic carbocycles. The van der Waals surface area contributed by atoms with Gasteiger partial charge in [0.15, 0.2) is 0 Å². The molecule has 1 aliphatic carbocycles. The molecule has 0 N–H and O–H groups in total. The van der Waals surface area contributed by atoms with Crippen molar-refractivity contribution in [3.05, 3.63) is 35.9 Å². The van der Waals surface area contributed by atoms with Gasteiger partial charge in [-0.05, 0) is 12.0 Å². The quantitative estimate of drug-likeness (QED) is 0.738. The number of rotatable bonds is 4. The molecule has 0 heterocycles. The predicted molar refractivity (Wildman–Crippen MR) is 53.8 cm³/mol. The molecular formula is C12H12F2O2. The van der Waals surface area contributed by atoms with E-state index in [0.29, 0.717) is 0 Å². The fourth-order valence-electron chi connectivity index (χ4n) is 1.60. The number of carbonyl (C=O) groups is 1. The molecule has 1 aromatic rings. The van der Waals surface area contributed by atoms with E-state index in [4.69, 9.17) is 4.74 Å². The van der Waals surface area contributed by atoms with Gasteiger partial charge in [-0.25, -0.2) is 8.78 Å². The standard InChI is InChI=1S/C12H12F2O2/c13-11(14)9-6-10(9)12(15)16-7-8-4-2-1-3-5-8/h1-5,9-11H,6-7H2/t9-,10-/m1/s1. The third kappa shape index (κ3) is 2.56. The minimum atomic E-state index is -2.41. The van der Waals surface area contributed by atoms with Crippen LogP contribution in [-0.4, -0.2) is 12.4 Å². The van der Waals surface area contributed by atoms with Crippen LogP contribution in [0.1, 0.15) is 12.0 Å². The van der Waals surface area contributed by atoms with E-state index in [0.717, 1.165) is 5.56 Å². The number of benzene rings is 1. The van der Waals surface area contributed by atoms with Gasteiger partial charge in [0.1, 0.15) is 6.61 Å². The Kier molecular flexibility index (Phi) is 3.17. The van der Waals surface area contributed by atoms with Crippen molar-refractivity contribution in [1.82, 2.24) is 0 Å². The van der Waals surface area contributed by atoms with E-state index in [-0.39, 0.29) is 13.0 Å².